The van der Waals surface area contributed by atoms with Crippen LogP contribution in [0.3, 0.4) is 0 Å². The molecule has 2 amide bonds. The predicted molar refractivity (Wildman–Crippen MR) is 104 cm³/mol. The summed E-state index contributed by atoms with van der Waals surface area (Å²) in [5.74, 6) is -1.20. The van der Waals surface area contributed by atoms with Crippen molar-refractivity contribution in [3.8, 4) is 11.5 Å². The SMILES string of the molecule is COc1ccc(NC(=O)C(C(=O)NN=Cc2ccc(O)cc2)C(C)C)cc1. The van der Waals surface area contributed by atoms with Crippen LogP contribution in [0, 0.1) is 11.8 Å². The van der Waals surface area contributed by atoms with Crippen LogP contribution in [0.4, 0.5) is 5.69 Å². The summed E-state index contributed by atoms with van der Waals surface area (Å²) in [4.78, 5) is 25.0. The molecule has 7 nitrogen and oxygen atoms in total. The molecule has 1 unspecified atom stereocenters. The molecule has 2 aromatic carbocycles. The monoisotopic (exact) mass is 369 g/mol. The summed E-state index contributed by atoms with van der Waals surface area (Å²) in [6, 6.07) is 13.2. The molecule has 0 aliphatic heterocycles. The van der Waals surface area contributed by atoms with Crippen molar-refractivity contribution in [1.82, 2.24) is 5.43 Å². The molecule has 7 heteroatoms. The van der Waals surface area contributed by atoms with E-state index in [4.69, 9.17) is 4.74 Å². The van der Waals surface area contributed by atoms with Gasteiger partial charge in [0, 0.05) is 5.69 Å². The van der Waals surface area contributed by atoms with Crippen molar-refractivity contribution < 1.29 is 19.4 Å². The molecule has 0 bridgehead atoms. The van der Waals surface area contributed by atoms with Crippen molar-refractivity contribution in [3.63, 3.8) is 0 Å². The first kappa shape index (κ1) is 20.0. The second-order valence-corrected chi connectivity index (χ2v) is 6.27. The lowest BCUT2D eigenvalue weighted by molar-refractivity contribution is -0.134. The minimum Gasteiger partial charge on any atom is -0.508 e. The van der Waals surface area contributed by atoms with Crippen LogP contribution in [0.15, 0.2) is 53.6 Å². The van der Waals surface area contributed by atoms with Gasteiger partial charge in [-0.2, -0.15) is 5.10 Å². The number of hydrogen-bond acceptors (Lipinski definition) is 5. The molecule has 0 aliphatic rings. The normalized spacial score (nSPS) is 12.0. The third-order valence-corrected chi connectivity index (χ3v) is 3.87. The first-order chi connectivity index (χ1) is 12.9. The molecule has 0 saturated carbocycles. The maximum absolute atomic E-state index is 12.5. The first-order valence-corrected chi connectivity index (χ1v) is 8.47. The second-order valence-electron chi connectivity index (χ2n) is 6.27. The molecule has 0 saturated heterocycles. The number of hydrogen-bond donors (Lipinski definition) is 3. The predicted octanol–water partition coefficient (Wildman–Crippen LogP) is 2.76. The Morgan fingerprint density at radius 3 is 2.22 bits per heavy atom. The zero-order valence-electron chi connectivity index (χ0n) is 15.5. The molecule has 27 heavy (non-hydrogen) atoms. The maximum Gasteiger partial charge on any atom is 0.252 e. The molecule has 2 aromatic rings. The van der Waals surface area contributed by atoms with E-state index in [9.17, 15) is 14.7 Å². The third-order valence-electron chi connectivity index (χ3n) is 3.87. The van der Waals surface area contributed by atoms with Gasteiger partial charge in [0.25, 0.3) is 5.91 Å². The Bertz CT molecular complexity index is 799. The van der Waals surface area contributed by atoms with E-state index in [0.717, 1.165) is 0 Å². The molecule has 0 spiro atoms. The average molecular weight is 369 g/mol. The van der Waals surface area contributed by atoms with E-state index in [2.05, 4.69) is 15.8 Å². The van der Waals surface area contributed by atoms with E-state index in [-0.39, 0.29) is 11.7 Å². The molecular weight excluding hydrogens is 346 g/mol. The Kier molecular flexibility index (Phi) is 6.93. The van der Waals surface area contributed by atoms with Crippen LogP contribution in [0.5, 0.6) is 11.5 Å². The number of phenols is 1. The molecule has 142 valence electrons. The topological polar surface area (TPSA) is 100 Å². The van der Waals surface area contributed by atoms with Crippen LogP contribution < -0.4 is 15.5 Å². The fourth-order valence-corrected chi connectivity index (χ4v) is 2.42. The van der Waals surface area contributed by atoms with E-state index < -0.39 is 17.7 Å². The van der Waals surface area contributed by atoms with Crippen LogP contribution in [-0.2, 0) is 9.59 Å². The molecule has 0 radical (unpaired) electrons. The summed E-state index contributed by atoms with van der Waals surface area (Å²) in [5, 5.41) is 15.9. The number of nitrogens with one attached hydrogen (secondary N) is 2. The standard InChI is InChI=1S/C20H23N3O4/c1-13(2)18(19(25)22-15-6-10-17(27-3)11-7-15)20(26)23-21-12-14-4-8-16(24)9-5-14/h4-13,18,24H,1-3H3,(H,22,25)(H,23,26). The highest BCUT2D eigenvalue weighted by Gasteiger charge is 2.29. The number of hydrazone groups is 1. The Hall–Kier alpha value is -3.35. The number of anilines is 1. The largest absolute Gasteiger partial charge is 0.508 e. The van der Waals surface area contributed by atoms with E-state index in [0.29, 0.717) is 17.0 Å². The molecule has 2 rings (SSSR count). The molecule has 0 aromatic heterocycles. The highest BCUT2D eigenvalue weighted by atomic mass is 16.5. The zero-order valence-corrected chi connectivity index (χ0v) is 15.5. The summed E-state index contributed by atoms with van der Waals surface area (Å²) in [6.07, 6.45) is 1.44. The fraction of sp³-hybridized carbons (Fsp3) is 0.250. The Labute approximate surface area is 158 Å². The van der Waals surface area contributed by atoms with E-state index in [1.807, 2.05) is 0 Å². The smallest absolute Gasteiger partial charge is 0.252 e. The number of rotatable bonds is 7. The van der Waals surface area contributed by atoms with Gasteiger partial charge in [-0.15, -0.1) is 0 Å². The number of benzene rings is 2. The van der Waals surface area contributed by atoms with E-state index in [1.165, 1.54) is 18.3 Å². The first-order valence-electron chi connectivity index (χ1n) is 8.47. The Balaban J connectivity index is 2.00. The van der Waals surface area contributed by atoms with Crippen molar-refractivity contribution in [2.75, 3.05) is 12.4 Å². The van der Waals surface area contributed by atoms with Crippen LogP contribution in [-0.4, -0.2) is 30.2 Å². The average Bonchev–Trinajstić information content (AvgIpc) is 2.64. The number of phenolic OH excluding ortho intramolecular Hbond substituents is 1. The van der Waals surface area contributed by atoms with Gasteiger partial charge in [-0.25, -0.2) is 5.43 Å². The molecule has 1 atom stereocenters. The summed E-state index contributed by atoms with van der Waals surface area (Å²) in [7, 11) is 1.56. The summed E-state index contributed by atoms with van der Waals surface area (Å²) >= 11 is 0. The van der Waals surface area contributed by atoms with E-state index in [1.54, 1.807) is 57.4 Å². The van der Waals surface area contributed by atoms with E-state index >= 15 is 0 Å². The zero-order chi connectivity index (χ0) is 19.8. The summed E-state index contributed by atoms with van der Waals surface area (Å²) in [6.45, 7) is 3.59. The van der Waals surface area contributed by atoms with Crippen LogP contribution in [0.1, 0.15) is 19.4 Å². The van der Waals surface area contributed by atoms with Crippen molar-refractivity contribution in [2.24, 2.45) is 16.9 Å². The van der Waals surface area contributed by atoms with Gasteiger partial charge in [0.1, 0.15) is 17.4 Å². The minimum absolute atomic E-state index is 0.145. The van der Waals surface area contributed by atoms with Gasteiger partial charge in [0.2, 0.25) is 5.91 Å². The minimum atomic E-state index is -0.899. The summed E-state index contributed by atoms with van der Waals surface area (Å²) < 4.78 is 5.08. The molecule has 0 heterocycles. The number of ether oxygens (including phenoxy) is 1. The lowest BCUT2D eigenvalue weighted by Crippen LogP contribution is -2.39. The Morgan fingerprint density at radius 1 is 1.04 bits per heavy atom. The van der Waals surface area contributed by atoms with Crippen molar-refractivity contribution >= 4 is 23.7 Å². The number of carbonyl (C=O) groups is 2. The number of aromatic hydroxyl groups is 1. The van der Waals surface area contributed by atoms with Crippen molar-refractivity contribution in [3.05, 3.63) is 54.1 Å². The van der Waals surface area contributed by atoms with Crippen molar-refractivity contribution in [2.45, 2.75) is 13.8 Å². The quantitative estimate of drug-likeness (QED) is 0.397. The van der Waals surface area contributed by atoms with Crippen LogP contribution in [0.25, 0.3) is 0 Å². The molecule has 3 N–H and O–H groups in total. The summed E-state index contributed by atoms with van der Waals surface area (Å²) in [5.41, 5.74) is 3.68. The highest BCUT2D eigenvalue weighted by Crippen LogP contribution is 2.18. The van der Waals surface area contributed by atoms with Gasteiger partial charge in [-0.3, -0.25) is 9.59 Å². The van der Waals surface area contributed by atoms with Gasteiger partial charge < -0.3 is 15.2 Å². The number of carbonyl (C=O) groups excluding carboxylic acids is 2. The second kappa shape index (κ2) is 9.38. The van der Waals surface area contributed by atoms with Gasteiger partial charge in [-0.1, -0.05) is 13.8 Å². The number of nitrogens with zero attached hydrogens (tertiary/aromatic N) is 1. The van der Waals surface area contributed by atoms with Gasteiger partial charge in [0.05, 0.1) is 13.3 Å². The molecular formula is C20H23N3O4. The third kappa shape index (κ3) is 5.85. The van der Waals surface area contributed by atoms with Gasteiger partial charge >= 0.3 is 0 Å². The lowest BCUT2D eigenvalue weighted by Gasteiger charge is -2.18. The van der Waals surface area contributed by atoms with Crippen molar-refractivity contribution in [1.29, 1.82) is 0 Å². The Morgan fingerprint density at radius 2 is 1.67 bits per heavy atom. The van der Waals surface area contributed by atoms with Crippen LogP contribution >= 0.6 is 0 Å². The van der Waals surface area contributed by atoms with Gasteiger partial charge in [-0.05, 0) is 60.0 Å². The highest BCUT2D eigenvalue weighted by molar-refractivity contribution is 6.06. The number of amides is 2. The lowest BCUT2D eigenvalue weighted by atomic mass is 9.94. The number of methoxy groups -OCH3 is 1. The van der Waals surface area contributed by atoms with Gasteiger partial charge in [0.15, 0.2) is 0 Å². The molecule has 0 aliphatic carbocycles. The van der Waals surface area contributed by atoms with Crippen LogP contribution in [0.2, 0.25) is 0 Å². The fourth-order valence-electron chi connectivity index (χ4n) is 2.42. The molecule has 0 fully saturated rings. The maximum atomic E-state index is 12.5.